The Morgan fingerprint density at radius 3 is 1.17 bits per heavy atom. The van der Waals surface area contributed by atoms with E-state index in [0.717, 1.165) is 9.52 Å². The number of hydrogen-bond acceptors (Lipinski definition) is 0. The van der Waals surface area contributed by atoms with Crippen LogP contribution in [0, 0.1) is 28.7 Å². The topological polar surface area (TPSA) is 0 Å². The van der Waals surface area contributed by atoms with Gasteiger partial charge >= 0.3 is 26.2 Å². The number of fused-ring (bicyclic) bond motifs is 2. The van der Waals surface area contributed by atoms with Gasteiger partial charge in [-0.3, -0.25) is 0 Å². The molecule has 0 atom stereocenters. The van der Waals surface area contributed by atoms with Gasteiger partial charge in [-0.15, -0.1) is 81.2 Å². The number of hydrogen-bond donors (Lipinski definition) is 0. The molecule has 0 aliphatic rings. The van der Waals surface area contributed by atoms with Crippen molar-refractivity contribution in [2.75, 3.05) is 0 Å². The van der Waals surface area contributed by atoms with Crippen LogP contribution >= 0.6 is 0 Å². The maximum atomic E-state index is 2.20. The number of rotatable bonds is 2. The smallest absolute Gasteiger partial charge is 0.358 e. The van der Waals surface area contributed by atoms with Crippen LogP contribution in [0.3, 0.4) is 0 Å². The first-order valence-electron chi connectivity index (χ1n) is 11.3. The van der Waals surface area contributed by atoms with E-state index in [1.54, 1.807) is 0 Å². The molecule has 0 unspecified atom stereocenters. The van der Waals surface area contributed by atoms with Crippen LogP contribution in [-0.2, 0) is 26.2 Å². The molecule has 0 saturated heterocycles. The van der Waals surface area contributed by atoms with Gasteiger partial charge in [0.1, 0.15) is 9.52 Å². The van der Waals surface area contributed by atoms with Gasteiger partial charge in [-0.25, -0.2) is 0 Å². The van der Waals surface area contributed by atoms with E-state index in [4.69, 9.17) is 0 Å². The molecular formula is C34H34SiZr. The van der Waals surface area contributed by atoms with E-state index < -0.39 is 0 Å². The summed E-state index contributed by atoms with van der Waals surface area (Å²) in [6.07, 6.45) is 0. The van der Waals surface area contributed by atoms with Gasteiger partial charge in [0.15, 0.2) is 0 Å². The monoisotopic (exact) mass is 560 g/mol. The molecule has 0 bridgehead atoms. The standard InChI is InChI=1S/C12H10Si.2C10H9.2CH3.Zr/c1-3-7-11(8-4-1)13-12-9-5-2-6-10-12;2*1-8-6-9-4-2-3-5-10(9)7-8;;;/h1-10H;2*2-7H,1H3;2*1H3;/q;4*-1;+4. The first-order chi connectivity index (χ1) is 16.2. The molecule has 0 fully saturated rings. The Balaban J connectivity index is 0.000000262. The van der Waals surface area contributed by atoms with E-state index in [-0.39, 0.29) is 41.1 Å². The van der Waals surface area contributed by atoms with E-state index in [0.29, 0.717) is 0 Å². The van der Waals surface area contributed by atoms with Gasteiger partial charge in [0.2, 0.25) is 0 Å². The molecule has 0 saturated carbocycles. The largest absolute Gasteiger partial charge is 4.00 e. The summed E-state index contributed by atoms with van der Waals surface area (Å²) < 4.78 is 0. The fraction of sp³-hybridized carbons (Fsp3) is 0.0588. The molecule has 0 aliphatic heterocycles. The van der Waals surface area contributed by atoms with Crippen molar-refractivity contribution < 1.29 is 26.2 Å². The Morgan fingerprint density at radius 2 is 0.806 bits per heavy atom. The van der Waals surface area contributed by atoms with E-state index in [1.165, 1.54) is 43.0 Å². The molecule has 6 aromatic rings. The van der Waals surface area contributed by atoms with Crippen LogP contribution in [0.4, 0.5) is 0 Å². The molecule has 0 N–H and O–H groups in total. The van der Waals surface area contributed by atoms with Gasteiger partial charge in [0.05, 0.1) is 0 Å². The summed E-state index contributed by atoms with van der Waals surface area (Å²) in [5.41, 5.74) is 2.70. The van der Waals surface area contributed by atoms with Crippen molar-refractivity contribution in [2.24, 2.45) is 0 Å². The SMILES string of the molecule is Cc1cc2ccccc2[cH-]1.Cc1cc2ccccc2[cH-]1.[CH3-].[CH3-].[Zr+4].c1ccc([Si]c2ccccc2)cc1. The molecule has 2 heteroatoms. The minimum Gasteiger partial charge on any atom is -0.358 e. The summed E-state index contributed by atoms with van der Waals surface area (Å²) in [7, 11) is 0.777. The Kier molecular flexibility index (Phi) is 13.9. The Morgan fingerprint density at radius 1 is 0.472 bits per heavy atom. The van der Waals surface area contributed by atoms with Gasteiger partial charge in [-0.2, -0.15) is 12.1 Å². The van der Waals surface area contributed by atoms with Crippen molar-refractivity contribution in [2.45, 2.75) is 13.8 Å². The van der Waals surface area contributed by atoms with E-state index >= 15 is 0 Å². The molecule has 0 heterocycles. The fourth-order valence-corrected chi connectivity index (χ4v) is 4.87. The molecule has 0 nitrogen and oxygen atoms in total. The number of benzene rings is 4. The second kappa shape index (κ2) is 16.0. The Bertz CT molecular complexity index is 1220. The van der Waals surface area contributed by atoms with E-state index in [1.807, 2.05) is 0 Å². The Hall–Kier alpha value is -2.80. The van der Waals surface area contributed by atoms with E-state index in [2.05, 4.69) is 147 Å². The molecule has 178 valence electrons. The molecule has 0 aliphatic carbocycles. The molecular weight excluding hydrogens is 528 g/mol. The minimum atomic E-state index is 0. The quantitative estimate of drug-likeness (QED) is 0.149. The molecule has 0 aromatic heterocycles. The predicted molar refractivity (Wildman–Crippen MR) is 159 cm³/mol. The summed E-state index contributed by atoms with van der Waals surface area (Å²) in [4.78, 5) is 0. The zero-order valence-electron chi connectivity index (χ0n) is 21.7. The average Bonchev–Trinajstić information content (AvgIpc) is 3.41. The van der Waals surface area contributed by atoms with Crippen molar-refractivity contribution >= 4 is 41.4 Å². The van der Waals surface area contributed by atoms with Gasteiger partial charge < -0.3 is 14.9 Å². The van der Waals surface area contributed by atoms with Crippen LogP contribution in [0.15, 0.2) is 133 Å². The third-order valence-corrected chi connectivity index (χ3v) is 6.60. The van der Waals surface area contributed by atoms with Gasteiger partial charge in [0.25, 0.3) is 0 Å². The van der Waals surface area contributed by atoms with Crippen LogP contribution in [0.5, 0.6) is 0 Å². The summed E-state index contributed by atoms with van der Waals surface area (Å²) in [6, 6.07) is 46.8. The van der Waals surface area contributed by atoms with Crippen LogP contribution < -0.4 is 10.4 Å². The zero-order valence-corrected chi connectivity index (χ0v) is 25.2. The van der Waals surface area contributed by atoms with Crippen LogP contribution in [-0.4, -0.2) is 9.52 Å². The first-order valence-corrected chi connectivity index (χ1v) is 12.3. The van der Waals surface area contributed by atoms with Crippen molar-refractivity contribution in [3.8, 4) is 0 Å². The molecule has 0 amide bonds. The molecule has 0 spiro atoms. The predicted octanol–water partition coefficient (Wildman–Crippen LogP) is 7.97. The summed E-state index contributed by atoms with van der Waals surface area (Å²) in [5.74, 6) is 0. The molecule has 6 aromatic carbocycles. The molecule has 36 heavy (non-hydrogen) atoms. The van der Waals surface area contributed by atoms with Crippen molar-refractivity contribution in [3.05, 3.63) is 159 Å². The zero-order chi connectivity index (χ0) is 22.9. The molecule has 6 rings (SSSR count). The van der Waals surface area contributed by atoms with Gasteiger partial charge in [0, 0.05) is 0 Å². The third kappa shape index (κ3) is 9.34. The summed E-state index contributed by atoms with van der Waals surface area (Å²) >= 11 is 0. The van der Waals surface area contributed by atoms with Gasteiger partial charge in [-0.1, -0.05) is 97.0 Å². The number of aryl methyl sites for hydroxylation is 2. The third-order valence-electron chi connectivity index (χ3n) is 5.36. The summed E-state index contributed by atoms with van der Waals surface area (Å²) in [5, 5.41) is 8.18. The van der Waals surface area contributed by atoms with Crippen LogP contribution in [0.25, 0.3) is 21.5 Å². The maximum Gasteiger partial charge on any atom is 4.00 e. The van der Waals surface area contributed by atoms with Crippen LogP contribution in [0.2, 0.25) is 0 Å². The van der Waals surface area contributed by atoms with Crippen molar-refractivity contribution in [1.29, 1.82) is 0 Å². The minimum absolute atomic E-state index is 0. The van der Waals surface area contributed by atoms with Crippen molar-refractivity contribution in [3.63, 3.8) is 0 Å². The second-order valence-corrected chi connectivity index (χ2v) is 9.58. The average molecular weight is 562 g/mol. The summed E-state index contributed by atoms with van der Waals surface area (Å²) in [6.45, 7) is 4.25. The van der Waals surface area contributed by atoms with Crippen LogP contribution in [0.1, 0.15) is 11.1 Å². The van der Waals surface area contributed by atoms with E-state index in [9.17, 15) is 0 Å². The Labute approximate surface area is 239 Å². The first kappa shape index (κ1) is 31.2. The molecule has 2 radical (unpaired) electrons. The fourth-order valence-electron chi connectivity index (χ4n) is 3.82. The normalized spacial score (nSPS) is 9.39. The second-order valence-electron chi connectivity index (χ2n) is 8.18. The maximum absolute atomic E-state index is 2.20. The van der Waals surface area contributed by atoms with Crippen molar-refractivity contribution in [1.82, 2.24) is 0 Å². The van der Waals surface area contributed by atoms with Gasteiger partial charge in [-0.05, 0) is 0 Å².